The lowest BCUT2D eigenvalue weighted by Crippen LogP contribution is -2.21. The molecule has 1 fully saturated rings. The van der Waals surface area contributed by atoms with Crippen LogP contribution in [0.3, 0.4) is 0 Å². The zero-order valence-corrected chi connectivity index (χ0v) is 13.5. The third kappa shape index (κ3) is 2.95. The molecule has 1 heterocycles. The van der Waals surface area contributed by atoms with E-state index in [0.717, 1.165) is 21.8 Å². The molecule has 0 saturated heterocycles. The summed E-state index contributed by atoms with van der Waals surface area (Å²) in [5.74, 6) is 1.19. The second kappa shape index (κ2) is 6.14. The van der Waals surface area contributed by atoms with Crippen molar-refractivity contribution in [3.8, 4) is 0 Å². The molecule has 3 rings (SSSR count). The molecule has 1 aliphatic carbocycles. The number of aromatic nitrogens is 1. The van der Waals surface area contributed by atoms with Gasteiger partial charge in [-0.05, 0) is 31.1 Å². The predicted molar refractivity (Wildman–Crippen MR) is 92.4 cm³/mol. The minimum absolute atomic E-state index is 0.0497. The van der Waals surface area contributed by atoms with Crippen molar-refractivity contribution in [1.82, 2.24) is 4.57 Å². The number of benzene rings is 1. The summed E-state index contributed by atoms with van der Waals surface area (Å²) in [5.41, 5.74) is 2.03. The minimum Gasteiger partial charge on any atom is -0.382 e. The van der Waals surface area contributed by atoms with Gasteiger partial charge >= 0.3 is 0 Å². The van der Waals surface area contributed by atoms with E-state index < -0.39 is 0 Å². The number of thioether (sulfide) groups is 1. The van der Waals surface area contributed by atoms with E-state index in [4.69, 9.17) is 0 Å². The topological polar surface area (TPSA) is 34.0 Å². The molecule has 1 aromatic heterocycles. The van der Waals surface area contributed by atoms with Crippen molar-refractivity contribution in [3.63, 3.8) is 0 Å². The number of para-hydroxylation sites is 1. The van der Waals surface area contributed by atoms with Crippen LogP contribution in [0.25, 0.3) is 10.9 Å². The first-order valence-electron chi connectivity index (χ1n) is 7.66. The molecule has 2 unspecified atom stereocenters. The van der Waals surface area contributed by atoms with Gasteiger partial charge in [0.05, 0.1) is 5.52 Å². The van der Waals surface area contributed by atoms with Crippen LogP contribution in [0.15, 0.2) is 35.1 Å². The van der Waals surface area contributed by atoms with Crippen molar-refractivity contribution in [1.29, 1.82) is 0 Å². The molecule has 0 amide bonds. The van der Waals surface area contributed by atoms with Crippen LogP contribution in [-0.2, 0) is 7.05 Å². The quantitative estimate of drug-likeness (QED) is 0.936. The summed E-state index contributed by atoms with van der Waals surface area (Å²) in [6.07, 6.45) is 3.67. The summed E-state index contributed by atoms with van der Waals surface area (Å²) >= 11 is 2.06. The molecule has 1 saturated carbocycles. The van der Waals surface area contributed by atoms with Gasteiger partial charge in [0.1, 0.15) is 0 Å². The van der Waals surface area contributed by atoms with Gasteiger partial charge in [-0.25, -0.2) is 0 Å². The summed E-state index contributed by atoms with van der Waals surface area (Å²) in [5, 5.41) is 5.51. The lowest BCUT2D eigenvalue weighted by atomic mass is 10.1. The van der Waals surface area contributed by atoms with Gasteiger partial charge in [-0.15, -0.1) is 0 Å². The van der Waals surface area contributed by atoms with Crippen LogP contribution < -0.4 is 10.9 Å². The Labute approximate surface area is 129 Å². The number of nitrogens with one attached hydrogen (secondary N) is 1. The van der Waals surface area contributed by atoms with Crippen molar-refractivity contribution in [2.24, 2.45) is 7.05 Å². The zero-order chi connectivity index (χ0) is 14.8. The van der Waals surface area contributed by atoms with E-state index in [0.29, 0.717) is 6.04 Å². The second-order valence-electron chi connectivity index (χ2n) is 5.70. The number of hydrogen-bond donors (Lipinski definition) is 1. The van der Waals surface area contributed by atoms with Crippen LogP contribution in [0.4, 0.5) is 5.69 Å². The Hall–Kier alpha value is -1.42. The maximum atomic E-state index is 12.1. The summed E-state index contributed by atoms with van der Waals surface area (Å²) in [6, 6.07) is 10.3. The Morgan fingerprint density at radius 2 is 2.14 bits per heavy atom. The number of anilines is 1. The van der Waals surface area contributed by atoms with Gasteiger partial charge in [0.2, 0.25) is 0 Å². The van der Waals surface area contributed by atoms with E-state index >= 15 is 0 Å². The third-order valence-corrected chi connectivity index (χ3v) is 5.53. The molecule has 2 aromatic rings. The number of rotatable bonds is 4. The molecule has 4 heteroatoms. The van der Waals surface area contributed by atoms with Crippen LogP contribution in [0.1, 0.15) is 26.2 Å². The number of nitrogens with zero attached hydrogens (tertiary/aromatic N) is 1. The number of pyridine rings is 1. The fraction of sp³-hybridized carbons (Fsp3) is 0.471. The Morgan fingerprint density at radius 1 is 1.33 bits per heavy atom. The minimum atomic E-state index is 0.0497. The molecule has 112 valence electrons. The van der Waals surface area contributed by atoms with Crippen molar-refractivity contribution < 1.29 is 0 Å². The van der Waals surface area contributed by atoms with E-state index in [2.05, 4.69) is 30.1 Å². The molecule has 1 N–H and O–H groups in total. The average Bonchev–Trinajstić information content (AvgIpc) is 2.92. The summed E-state index contributed by atoms with van der Waals surface area (Å²) in [4.78, 5) is 12.1. The van der Waals surface area contributed by atoms with Gasteiger partial charge in [-0.1, -0.05) is 25.1 Å². The molecule has 0 radical (unpaired) electrons. The van der Waals surface area contributed by atoms with Crippen LogP contribution in [0.5, 0.6) is 0 Å². The van der Waals surface area contributed by atoms with E-state index in [1.54, 1.807) is 10.6 Å². The molecule has 1 aromatic carbocycles. The lowest BCUT2D eigenvalue weighted by molar-refractivity contribution is 0.757. The van der Waals surface area contributed by atoms with E-state index in [-0.39, 0.29) is 5.56 Å². The Kier molecular flexibility index (Phi) is 4.24. The monoisotopic (exact) mass is 302 g/mol. The summed E-state index contributed by atoms with van der Waals surface area (Å²) in [7, 11) is 1.83. The fourth-order valence-corrected chi connectivity index (χ4v) is 4.35. The van der Waals surface area contributed by atoms with Crippen LogP contribution in [-0.4, -0.2) is 21.6 Å². The highest BCUT2D eigenvalue weighted by Crippen LogP contribution is 2.32. The van der Waals surface area contributed by atoms with Crippen molar-refractivity contribution in [3.05, 3.63) is 40.7 Å². The smallest absolute Gasteiger partial charge is 0.252 e. The van der Waals surface area contributed by atoms with Gasteiger partial charge in [0.15, 0.2) is 0 Å². The molecule has 1 aliphatic rings. The summed E-state index contributed by atoms with van der Waals surface area (Å²) < 4.78 is 1.71. The molecule has 3 nitrogen and oxygen atoms in total. The second-order valence-corrected chi connectivity index (χ2v) is 7.28. The lowest BCUT2D eigenvalue weighted by Gasteiger charge is -2.17. The van der Waals surface area contributed by atoms with E-state index in [9.17, 15) is 4.79 Å². The predicted octanol–water partition coefficient (Wildman–Crippen LogP) is 3.62. The average molecular weight is 302 g/mol. The largest absolute Gasteiger partial charge is 0.382 e. The first kappa shape index (κ1) is 14.5. The van der Waals surface area contributed by atoms with Gasteiger partial charge in [0, 0.05) is 35.5 Å². The fourth-order valence-electron chi connectivity index (χ4n) is 3.21. The van der Waals surface area contributed by atoms with Crippen molar-refractivity contribution >= 4 is 28.4 Å². The SMILES string of the molecule is CCSC1CCC(Nc2cc(=O)n(C)c3ccccc23)C1. The maximum absolute atomic E-state index is 12.1. The first-order chi connectivity index (χ1) is 10.2. The number of aryl methyl sites for hydroxylation is 1. The molecule has 0 aliphatic heterocycles. The van der Waals surface area contributed by atoms with Crippen molar-refractivity contribution in [2.45, 2.75) is 37.5 Å². The highest BCUT2D eigenvalue weighted by atomic mass is 32.2. The number of hydrogen-bond acceptors (Lipinski definition) is 3. The Bertz CT molecular complexity index is 695. The zero-order valence-electron chi connectivity index (χ0n) is 12.6. The first-order valence-corrected chi connectivity index (χ1v) is 8.71. The molecule has 0 bridgehead atoms. The van der Waals surface area contributed by atoms with Crippen molar-refractivity contribution in [2.75, 3.05) is 11.1 Å². The molecule has 2 atom stereocenters. The molecular formula is C17H22N2OS. The third-order valence-electron chi connectivity index (χ3n) is 4.30. The normalized spacial score (nSPS) is 21.8. The van der Waals surface area contributed by atoms with E-state index in [1.807, 2.05) is 25.2 Å². The highest BCUT2D eigenvalue weighted by Gasteiger charge is 2.24. The van der Waals surface area contributed by atoms with Gasteiger partial charge in [0.25, 0.3) is 5.56 Å². The molecule has 0 spiro atoms. The Balaban J connectivity index is 1.88. The van der Waals surface area contributed by atoms with Crippen LogP contribution in [0, 0.1) is 0 Å². The molecule has 21 heavy (non-hydrogen) atoms. The van der Waals surface area contributed by atoms with Crippen LogP contribution in [0.2, 0.25) is 0 Å². The number of fused-ring (bicyclic) bond motifs is 1. The molecular weight excluding hydrogens is 280 g/mol. The summed E-state index contributed by atoms with van der Waals surface area (Å²) in [6.45, 7) is 2.22. The van der Waals surface area contributed by atoms with Gasteiger partial charge in [-0.3, -0.25) is 4.79 Å². The highest BCUT2D eigenvalue weighted by molar-refractivity contribution is 7.99. The Morgan fingerprint density at radius 3 is 2.95 bits per heavy atom. The van der Waals surface area contributed by atoms with Crippen LogP contribution >= 0.6 is 11.8 Å². The van der Waals surface area contributed by atoms with E-state index in [1.165, 1.54) is 25.0 Å². The maximum Gasteiger partial charge on any atom is 0.252 e. The standard InChI is InChI=1S/C17H22N2OS/c1-3-21-13-9-8-12(10-13)18-15-11-17(20)19(2)16-7-5-4-6-14(15)16/h4-7,11-13,18H,3,8-10H2,1-2H3. The van der Waals surface area contributed by atoms with Gasteiger partial charge < -0.3 is 9.88 Å². The van der Waals surface area contributed by atoms with Gasteiger partial charge in [-0.2, -0.15) is 11.8 Å².